The first-order valence-corrected chi connectivity index (χ1v) is 7.83. The molecule has 1 fully saturated rings. The molecule has 0 N–H and O–H groups in total. The van der Waals surface area contributed by atoms with Gasteiger partial charge in [-0.2, -0.15) is 0 Å². The fraction of sp³-hybridized carbons (Fsp3) is 0.588. The molecule has 0 radical (unpaired) electrons. The van der Waals surface area contributed by atoms with E-state index in [1.165, 1.54) is 0 Å². The van der Waals surface area contributed by atoms with Crippen LogP contribution in [0.25, 0.3) is 0 Å². The van der Waals surface area contributed by atoms with Gasteiger partial charge in [-0.25, -0.2) is 0 Å². The first-order valence-electron chi connectivity index (χ1n) is 7.83. The second-order valence-electron chi connectivity index (χ2n) is 6.30. The van der Waals surface area contributed by atoms with Crippen LogP contribution in [0.3, 0.4) is 0 Å². The van der Waals surface area contributed by atoms with Crippen molar-refractivity contribution in [2.24, 2.45) is 0 Å². The lowest BCUT2D eigenvalue weighted by Crippen LogP contribution is -2.62. The second-order valence-corrected chi connectivity index (χ2v) is 6.30. The predicted octanol–water partition coefficient (Wildman–Crippen LogP) is 1.14. The van der Waals surface area contributed by atoms with Crippen molar-refractivity contribution in [2.45, 2.75) is 36.6 Å². The maximum absolute atomic E-state index is 12.5. The highest BCUT2D eigenvalue weighted by molar-refractivity contribution is 5.95. The second kappa shape index (κ2) is 5.01. The van der Waals surface area contributed by atoms with E-state index in [1.54, 1.807) is 27.4 Å². The van der Waals surface area contributed by atoms with Gasteiger partial charge >= 0.3 is 0 Å². The number of piperidine rings is 1. The number of nitrogens with zero attached hydrogens (tertiary/aromatic N) is 1. The van der Waals surface area contributed by atoms with Crippen LogP contribution in [0.2, 0.25) is 0 Å². The monoisotopic (exact) mass is 319 g/mol. The molecule has 4 rings (SSSR count). The highest BCUT2D eigenvalue weighted by Crippen LogP contribution is 2.55. The molecule has 0 aromatic rings. The number of fused-ring (bicyclic) bond motifs is 1. The summed E-state index contributed by atoms with van der Waals surface area (Å²) in [6.07, 6.45) is 8.38. The highest BCUT2D eigenvalue weighted by Gasteiger charge is 2.63. The zero-order valence-corrected chi connectivity index (χ0v) is 13.6. The molecule has 23 heavy (non-hydrogen) atoms. The van der Waals surface area contributed by atoms with E-state index in [4.69, 9.17) is 18.9 Å². The van der Waals surface area contributed by atoms with Crippen molar-refractivity contribution in [1.29, 1.82) is 0 Å². The van der Waals surface area contributed by atoms with E-state index >= 15 is 0 Å². The van der Waals surface area contributed by atoms with Crippen molar-refractivity contribution < 1.29 is 23.7 Å². The third-order valence-corrected chi connectivity index (χ3v) is 5.46. The summed E-state index contributed by atoms with van der Waals surface area (Å²) in [7, 11) is 4.93. The number of amides is 1. The minimum Gasteiger partial charge on any atom is -0.377 e. The Kier molecular flexibility index (Phi) is 3.29. The Hall–Kier alpha value is -1.47. The van der Waals surface area contributed by atoms with Crippen molar-refractivity contribution in [1.82, 2.24) is 4.90 Å². The molecule has 124 valence electrons. The number of ether oxygens (including phenoxy) is 4. The first-order chi connectivity index (χ1) is 11.1. The van der Waals surface area contributed by atoms with Gasteiger partial charge in [0.05, 0.1) is 11.6 Å². The van der Waals surface area contributed by atoms with Gasteiger partial charge in [0.1, 0.15) is 0 Å². The summed E-state index contributed by atoms with van der Waals surface area (Å²) in [5.74, 6) is -0.808. The zero-order valence-electron chi connectivity index (χ0n) is 13.6. The van der Waals surface area contributed by atoms with Gasteiger partial charge in [0, 0.05) is 52.4 Å². The Morgan fingerprint density at radius 2 is 2.13 bits per heavy atom. The van der Waals surface area contributed by atoms with Crippen LogP contribution in [0, 0.1) is 0 Å². The SMILES string of the molecule is CO[C@@H]1C=C2[C@](OC)(CCN3C(=O)C=C4C=C[C@@H](OC)C[C@]423)O1. The number of carbonyl (C=O) groups is 1. The number of carbonyl (C=O) groups excluding carboxylic acids is 1. The van der Waals surface area contributed by atoms with Crippen LogP contribution in [0.1, 0.15) is 12.8 Å². The molecule has 1 aliphatic carbocycles. The lowest BCUT2D eigenvalue weighted by molar-refractivity contribution is -0.261. The molecule has 1 saturated heterocycles. The van der Waals surface area contributed by atoms with Crippen LogP contribution in [0.5, 0.6) is 0 Å². The summed E-state index contributed by atoms with van der Waals surface area (Å²) < 4.78 is 22.8. The molecule has 4 aliphatic rings. The normalized spacial score (nSPS) is 41.3. The molecule has 3 aliphatic heterocycles. The van der Waals surface area contributed by atoms with Gasteiger partial charge in [0.25, 0.3) is 0 Å². The van der Waals surface area contributed by atoms with E-state index in [0.29, 0.717) is 19.4 Å². The van der Waals surface area contributed by atoms with Crippen LogP contribution in [0.4, 0.5) is 0 Å². The largest absolute Gasteiger partial charge is 0.377 e. The van der Waals surface area contributed by atoms with Gasteiger partial charge in [-0.1, -0.05) is 12.2 Å². The third kappa shape index (κ3) is 1.80. The average molecular weight is 319 g/mol. The number of hydrogen-bond donors (Lipinski definition) is 0. The quantitative estimate of drug-likeness (QED) is 0.730. The molecule has 0 bridgehead atoms. The average Bonchev–Trinajstić information content (AvgIpc) is 3.09. The number of rotatable bonds is 3. The van der Waals surface area contributed by atoms with Gasteiger partial charge in [0.15, 0.2) is 12.1 Å². The smallest absolute Gasteiger partial charge is 0.247 e. The summed E-state index contributed by atoms with van der Waals surface area (Å²) in [4.78, 5) is 14.5. The van der Waals surface area contributed by atoms with Crippen molar-refractivity contribution in [3.05, 3.63) is 35.5 Å². The van der Waals surface area contributed by atoms with E-state index < -0.39 is 17.6 Å². The molecular formula is C17H21NO5. The lowest BCUT2D eigenvalue weighted by Gasteiger charge is -2.52. The molecule has 0 unspecified atom stereocenters. The molecule has 1 spiro atoms. The minimum absolute atomic E-state index is 0.0351. The first kappa shape index (κ1) is 15.1. The minimum atomic E-state index is -0.843. The van der Waals surface area contributed by atoms with Crippen LogP contribution >= 0.6 is 0 Å². The lowest BCUT2D eigenvalue weighted by atomic mass is 9.69. The summed E-state index contributed by atoms with van der Waals surface area (Å²) in [6.45, 7) is 0.574. The summed E-state index contributed by atoms with van der Waals surface area (Å²) >= 11 is 0. The fourth-order valence-corrected chi connectivity index (χ4v) is 4.36. The number of methoxy groups -OCH3 is 3. The zero-order chi connectivity index (χ0) is 16.2. The van der Waals surface area contributed by atoms with Gasteiger partial charge in [-0.05, 0) is 11.6 Å². The van der Waals surface area contributed by atoms with Crippen molar-refractivity contribution >= 4 is 5.91 Å². The fourth-order valence-electron chi connectivity index (χ4n) is 4.36. The Labute approximate surface area is 135 Å². The molecule has 0 aromatic heterocycles. The Bertz CT molecular complexity index is 639. The van der Waals surface area contributed by atoms with E-state index in [0.717, 1.165) is 11.1 Å². The summed E-state index contributed by atoms with van der Waals surface area (Å²) in [6, 6.07) is 0. The molecular weight excluding hydrogens is 298 g/mol. The van der Waals surface area contributed by atoms with Gasteiger partial charge in [0.2, 0.25) is 5.91 Å². The molecule has 4 atom stereocenters. The molecule has 6 nitrogen and oxygen atoms in total. The standard InChI is InChI=1S/C17H21NO5/c1-20-12-5-4-11-8-14(19)18-7-6-17(22-3)13(16(11,18)10-12)9-15(21-2)23-17/h4-5,8-9,12,15H,6-7,10H2,1-3H3/t12-,15+,16+,17+/m1/s1. The molecule has 6 heteroatoms. The summed E-state index contributed by atoms with van der Waals surface area (Å²) in [5, 5.41) is 0. The molecule has 0 saturated carbocycles. The van der Waals surface area contributed by atoms with Crippen LogP contribution < -0.4 is 0 Å². The van der Waals surface area contributed by atoms with E-state index in [-0.39, 0.29) is 12.0 Å². The van der Waals surface area contributed by atoms with E-state index in [9.17, 15) is 4.79 Å². The van der Waals surface area contributed by atoms with Crippen LogP contribution in [0.15, 0.2) is 35.5 Å². The highest BCUT2D eigenvalue weighted by atomic mass is 16.8. The Morgan fingerprint density at radius 3 is 2.83 bits per heavy atom. The van der Waals surface area contributed by atoms with Gasteiger partial charge in [-0.3, -0.25) is 4.79 Å². The number of hydrogen-bond acceptors (Lipinski definition) is 5. The van der Waals surface area contributed by atoms with E-state index in [1.807, 2.05) is 23.1 Å². The topological polar surface area (TPSA) is 57.2 Å². The third-order valence-electron chi connectivity index (χ3n) is 5.46. The molecule has 1 amide bonds. The summed E-state index contributed by atoms with van der Waals surface area (Å²) in [5.41, 5.74) is 1.37. The van der Waals surface area contributed by atoms with Gasteiger partial charge < -0.3 is 23.8 Å². The van der Waals surface area contributed by atoms with Crippen LogP contribution in [-0.4, -0.2) is 62.4 Å². The van der Waals surface area contributed by atoms with Crippen molar-refractivity contribution in [3.8, 4) is 0 Å². The van der Waals surface area contributed by atoms with E-state index in [2.05, 4.69) is 0 Å². The maximum atomic E-state index is 12.5. The molecule has 0 aromatic carbocycles. The predicted molar refractivity (Wildman–Crippen MR) is 81.4 cm³/mol. The Balaban J connectivity index is 1.88. The Morgan fingerprint density at radius 1 is 1.30 bits per heavy atom. The van der Waals surface area contributed by atoms with Crippen molar-refractivity contribution in [3.63, 3.8) is 0 Å². The maximum Gasteiger partial charge on any atom is 0.247 e. The van der Waals surface area contributed by atoms with Crippen LogP contribution in [-0.2, 0) is 23.7 Å². The molecule has 3 heterocycles. The van der Waals surface area contributed by atoms with Crippen molar-refractivity contribution in [2.75, 3.05) is 27.9 Å². The van der Waals surface area contributed by atoms with Gasteiger partial charge in [-0.15, -0.1) is 0 Å².